The van der Waals surface area contributed by atoms with Crippen molar-refractivity contribution in [3.63, 3.8) is 0 Å². The molecular weight excluding hydrogens is 224 g/mol. The molecule has 0 saturated heterocycles. The van der Waals surface area contributed by atoms with E-state index < -0.39 is 6.10 Å². The van der Waals surface area contributed by atoms with Crippen molar-refractivity contribution in [1.82, 2.24) is 9.78 Å². The standard InChI is InChI=1S/C15H20N2O/c1-3-14-13(11-17(2)16-14)15(18)10-9-12-7-5-4-6-8-12/h4-8,11,15,18H,3,9-10H2,1-2H3. The van der Waals surface area contributed by atoms with Gasteiger partial charge in [-0.25, -0.2) is 0 Å². The molecule has 2 rings (SSSR count). The molecule has 3 heteroatoms. The van der Waals surface area contributed by atoms with Crippen molar-refractivity contribution in [2.75, 3.05) is 0 Å². The van der Waals surface area contributed by atoms with Crippen molar-refractivity contribution in [3.05, 3.63) is 53.3 Å². The molecule has 0 bridgehead atoms. The molecule has 0 saturated carbocycles. The normalized spacial score (nSPS) is 12.6. The Hall–Kier alpha value is -1.61. The van der Waals surface area contributed by atoms with E-state index >= 15 is 0 Å². The molecule has 1 aromatic heterocycles. The van der Waals surface area contributed by atoms with Gasteiger partial charge in [-0.3, -0.25) is 4.68 Å². The maximum Gasteiger partial charge on any atom is 0.0826 e. The van der Waals surface area contributed by atoms with Crippen LogP contribution in [0.3, 0.4) is 0 Å². The second kappa shape index (κ2) is 5.83. The molecule has 2 aromatic rings. The van der Waals surface area contributed by atoms with Crippen molar-refractivity contribution in [1.29, 1.82) is 0 Å². The molecule has 0 spiro atoms. The number of hydrogen-bond donors (Lipinski definition) is 1. The van der Waals surface area contributed by atoms with E-state index in [1.807, 2.05) is 31.4 Å². The van der Waals surface area contributed by atoms with Crippen molar-refractivity contribution in [2.45, 2.75) is 32.3 Å². The van der Waals surface area contributed by atoms with E-state index in [4.69, 9.17) is 0 Å². The summed E-state index contributed by atoms with van der Waals surface area (Å²) < 4.78 is 1.78. The van der Waals surface area contributed by atoms with Gasteiger partial charge in [0.25, 0.3) is 0 Å². The molecule has 0 aliphatic heterocycles. The summed E-state index contributed by atoms with van der Waals surface area (Å²) in [7, 11) is 1.90. The fraction of sp³-hybridized carbons (Fsp3) is 0.400. The first-order valence-corrected chi connectivity index (χ1v) is 6.45. The Kier molecular flexibility index (Phi) is 4.15. The first-order chi connectivity index (χ1) is 8.70. The average Bonchev–Trinajstić information content (AvgIpc) is 2.78. The molecule has 0 amide bonds. The van der Waals surface area contributed by atoms with E-state index in [1.54, 1.807) is 4.68 Å². The number of aliphatic hydroxyl groups excluding tert-OH is 1. The number of rotatable bonds is 5. The predicted octanol–water partition coefficient (Wildman–Crippen LogP) is 2.65. The Labute approximate surface area is 108 Å². The molecule has 0 radical (unpaired) electrons. The van der Waals surface area contributed by atoms with E-state index in [-0.39, 0.29) is 0 Å². The maximum atomic E-state index is 10.3. The van der Waals surface area contributed by atoms with Gasteiger partial charge in [0.15, 0.2) is 0 Å². The lowest BCUT2D eigenvalue weighted by Gasteiger charge is -2.10. The Morgan fingerprint density at radius 2 is 2.00 bits per heavy atom. The molecule has 0 fully saturated rings. The van der Waals surface area contributed by atoms with Crippen molar-refractivity contribution >= 4 is 0 Å². The number of aromatic nitrogens is 2. The number of aryl methyl sites for hydroxylation is 3. The Morgan fingerprint density at radius 1 is 1.28 bits per heavy atom. The molecule has 1 aromatic carbocycles. The van der Waals surface area contributed by atoms with E-state index in [9.17, 15) is 5.11 Å². The minimum Gasteiger partial charge on any atom is -0.388 e. The predicted molar refractivity (Wildman–Crippen MR) is 72.3 cm³/mol. The van der Waals surface area contributed by atoms with E-state index in [0.717, 1.165) is 30.5 Å². The van der Waals surface area contributed by atoms with Gasteiger partial charge in [0.05, 0.1) is 11.8 Å². The summed E-state index contributed by atoms with van der Waals surface area (Å²) in [5, 5.41) is 14.6. The molecule has 3 nitrogen and oxygen atoms in total. The third-order valence-electron chi connectivity index (χ3n) is 3.18. The Morgan fingerprint density at radius 3 is 2.67 bits per heavy atom. The highest BCUT2D eigenvalue weighted by Crippen LogP contribution is 2.22. The van der Waals surface area contributed by atoms with Crippen LogP contribution in [0.5, 0.6) is 0 Å². The minimum absolute atomic E-state index is 0.422. The Bertz CT molecular complexity index is 490. The summed E-state index contributed by atoms with van der Waals surface area (Å²) in [4.78, 5) is 0. The molecule has 1 heterocycles. The van der Waals surface area contributed by atoms with E-state index in [2.05, 4.69) is 24.2 Å². The van der Waals surface area contributed by atoms with Gasteiger partial charge in [-0.1, -0.05) is 37.3 Å². The number of aliphatic hydroxyl groups is 1. The van der Waals surface area contributed by atoms with Gasteiger partial charge in [0.1, 0.15) is 0 Å². The lowest BCUT2D eigenvalue weighted by molar-refractivity contribution is 0.167. The van der Waals surface area contributed by atoms with Gasteiger partial charge in [0.2, 0.25) is 0 Å². The van der Waals surface area contributed by atoms with Crippen LogP contribution >= 0.6 is 0 Å². The molecule has 1 unspecified atom stereocenters. The third-order valence-corrected chi connectivity index (χ3v) is 3.18. The van der Waals surface area contributed by atoms with Crippen LogP contribution in [0.25, 0.3) is 0 Å². The van der Waals surface area contributed by atoms with Gasteiger partial charge >= 0.3 is 0 Å². The molecule has 0 aliphatic carbocycles. The summed E-state index contributed by atoms with van der Waals surface area (Å²) in [5.74, 6) is 0. The summed E-state index contributed by atoms with van der Waals surface area (Å²) >= 11 is 0. The van der Waals surface area contributed by atoms with Crippen LogP contribution in [-0.4, -0.2) is 14.9 Å². The average molecular weight is 244 g/mol. The number of hydrogen-bond acceptors (Lipinski definition) is 2. The maximum absolute atomic E-state index is 10.3. The fourth-order valence-electron chi connectivity index (χ4n) is 2.21. The summed E-state index contributed by atoms with van der Waals surface area (Å²) in [6.07, 6.45) is 3.99. The lowest BCUT2D eigenvalue weighted by atomic mass is 10.0. The highest BCUT2D eigenvalue weighted by molar-refractivity contribution is 5.21. The van der Waals surface area contributed by atoms with E-state index in [1.165, 1.54) is 5.56 Å². The molecule has 1 N–H and O–H groups in total. The highest BCUT2D eigenvalue weighted by atomic mass is 16.3. The first-order valence-electron chi connectivity index (χ1n) is 6.45. The van der Waals surface area contributed by atoms with Crippen LogP contribution in [-0.2, 0) is 19.9 Å². The number of benzene rings is 1. The minimum atomic E-state index is -0.422. The molecule has 96 valence electrons. The third kappa shape index (κ3) is 2.99. The second-order valence-electron chi connectivity index (χ2n) is 4.60. The summed E-state index contributed by atoms with van der Waals surface area (Å²) in [6, 6.07) is 10.3. The van der Waals surface area contributed by atoms with Crippen LogP contribution in [0.1, 0.15) is 36.3 Å². The van der Waals surface area contributed by atoms with Gasteiger partial charge in [-0.2, -0.15) is 5.10 Å². The van der Waals surface area contributed by atoms with Gasteiger partial charge < -0.3 is 5.11 Å². The van der Waals surface area contributed by atoms with Crippen LogP contribution in [0.15, 0.2) is 36.5 Å². The van der Waals surface area contributed by atoms with Crippen LogP contribution in [0.4, 0.5) is 0 Å². The van der Waals surface area contributed by atoms with Crippen molar-refractivity contribution < 1.29 is 5.11 Å². The van der Waals surface area contributed by atoms with Crippen molar-refractivity contribution in [2.24, 2.45) is 7.05 Å². The quantitative estimate of drug-likeness (QED) is 0.878. The van der Waals surface area contributed by atoms with Gasteiger partial charge in [-0.05, 0) is 24.8 Å². The van der Waals surface area contributed by atoms with Crippen molar-refractivity contribution in [3.8, 4) is 0 Å². The lowest BCUT2D eigenvalue weighted by Crippen LogP contribution is -2.01. The fourth-order valence-corrected chi connectivity index (χ4v) is 2.21. The molecular formula is C15H20N2O. The zero-order chi connectivity index (χ0) is 13.0. The van der Waals surface area contributed by atoms with Gasteiger partial charge in [0, 0.05) is 18.8 Å². The largest absolute Gasteiger partial charge is 0.388 e. The van der Waals surface area contributed by atoms with Crippen LogP contribution in [0, 0.1) is 0 Å². The van der Waals surface area contributed by atoms with Gasteiger partial charge in [-0.15, -0.1) is 0 Å². The zero-order valence-corrected chi connectivity index (χ0v) is 11.0. The highest BCUT2D eigenvalue weighted by Gasteiger charge is 2.14. The monoisotopic (exact) mass is 244 g/mol. The van der Waals surface area contributed by atoms with E-state index in [0.29, 0.717) is 0 Å². The smallest absolute Gasteiger partial charge is 0.0826 e. The summed E-state index contributed by atoms with van der Waals surface area (Å²) in [6.45, 7) is 2.07. The second-order valence-corrected chi connectivity index (χ2v) is 4.60. The molecule has 18 heavy (non-hydrogen) atoms. The van der Waals surface area contributed by atoms with Crippen LogP contribution < -0.4 is 0 Å². The Balaban J connectivity index is 2.01. The molecule has 1 atom stereocenters. The van der Waals surface area contributed by atoms with Crippen LogP contribution in [0.2, 0.25) is 0 Å². The summed E-state index contributed by atoms with van der Waals surface area (Å²) in [5.41, 5.74) is 3.23. The topological polar surface area (TPSA) is 38.0 Å². The first kappa shape index (κ1) is 12.8. The molecule has 0 aliphatic rings. The number of nitrogens with zero attached hydrogens (tertiary/aromatic N) is 2. The zero-order valence-electron chi connectivity index (χ0n) is 11.0. The SMILES string of the molecule is CCc1nn(C)cc1C(O)CCc1ccccc1.